The second kappa shape index (κ2) is 8.84. The second-order valence-corrected chi connectivity index (χ2v) is 11.1. The summed E-state index contributed by atoms with van der Waals surface area (Å²) in [5.74, 6) is -1.01. The zero-order chi connectivity index (χ0) is 22.2. The Kier molecular flexibility index (Phi) is 6.32. The molecule has 1 aliphatic rings. The summed E-state index contributed by atoms with van der Waals surface area (Å²) in [5.41, 5.74) is 0.403. The summed E-state index contributed by atoms with van der Waals surface area (Å²) in [4.78, 5) is 27.9. The van der Waals surface area contributed by atoms with E-state index in [0.29, 0.717) is 10.7 Å². The van der Waals surface area contributed by atoms with Gasteiger partial charge in [0.05, 0.1) is 17.0 Å². The van der Waals surface area contributed by atoms with Crippen LogP contribution in [0.25, 0.3) is 0 Å². The summed E-state index contributed by atoms with van der Waals surface area (Å²) in [6.45, 7) is -0.0134. The van der Waals surface area contributed by atoms with Crippen LogP contribution in [0.1, 0.15) is 11.3 Å². The van der Waals surface area contributed by atoms with Crippen LogP contribution < -0.4 is 4.90 Å². The molecule has 31 heavy (non-hydrogen) atoms. The van der Waals surface area contributed by atoms with E-state index in [4.69, 9.17) is 11.6 Å². The van der Waals surface area contributed by atoms with Gasteiger partial charge in [-0.3, -0.25) is 9.59 Å². The molecule has 1 unspecified atom stereocenters. The number of thiophene rings is 1. The molecule has 2 amide bonds. The van der Waals surface area contributed by atoms with E-state index in [1.165, 1.54) is 35.6 Å². The largest absolute Gasteiger partial charge is 0.274 e. The maximum Gasteiger partial charge on any atom is 0.252 e. The topological polar surface area (TPSA) is 74.8 Å². The molecule has 0 spiro atoms. The average molecular weight is 540 g/mol. The van der Waals surface area contributed by atoms with Crippen molar-refractivity contribution in [2.24, 2.45) is 0 Å². The lowest BCUT2D eigenvalue weighted by Gasteiger charge is -2.26. The zero-order valence-corrected chi connectivity index (χ0v) is 19.9. The number of anilines is 1. The first-order valence-corrected chi connectivity index (χ1v) is 12.7. The zero-order valence-electron chi connectivity index (χ0n) is 15.9. The first-order valence-electron chi connectivity index (χ1n) is 9.19. The minimum Gasteiger partial charge on any atom is -0.274 e. The molecule has 0 saturated carbocycles. The minimum atomic E-state index is -4.07. The number of halogens is 2. The van der Waals surface area contributed by atoms with E-state index in [2.05, 4.69) is 15.9 Å². The lowest BCUT2D eigenvalue weighted by atomic mass is 10.2. The Bertz CT molecular complexity index is 1210. The monoisotopic (exact) mass is 538 g/mol. The molecule has 4 rings (SSSR count). The molecule has 2 aromatic carbocycles. The standard InChI is InChI=1S/C21H16BrClN2O4S2/c22-14-3-7-16(8-4-14)25-20(26)12-19(21(25)27)24(13-17-2-1-11-30-17)31(28,29)18-9-5-15(23)6-10-18/h1-11,19H,12-13H2. The molecule has 6 nitrogen and oxygen atoms in total. The highest BCUT2D eigenvalue weighted by Crippen LogP contribution is 2.32. The fourth-order valence-corrected chi connectivity index (χ4v) is 6.10. The lowest BCUT2D eigenvalue weighted by Crippen LogP contribution is -2.44. The molecule has 0 bridgehead atoms. The number of amides is 2. The van der Waals surface area contributed by atoms with E-state index >= 15 is 0 Å². The third-order valence-electron chi connectivity index (χ3n) is 4.87. The smallest absolute Gasteiger partial charge is 0.252 e. The van der Waals surface area contributed by atoms with Crippen LogP contribution in [0.2, 0.25) is 5.02 Å². The summed E-state index contributed by atoms with van der Waals surface area (Å²) >= 11 is 10.6. The molecule has 1 saturated heterocycles. The van der Waals surface area contributed by atoms with Crippen molar-refractivity contribution in [3.63, 3.8) is 0 Å². The van der Waals surface area contributed by atoms with E-state index < -0.39 is 27.9 Å². The summed E-state index contributed by atoms with van der Waals surface area (Å²) in [6, 6.07) is 14.9. The van der Waals surface area contributed by atoms with Crippen molar-refractivity contribution in [2.75, 3.05) is 4.90 Å². The quantitative estimate of drug-likeness (QED) is 0.426. The van der Waals surface area contributed by atoms with Crippen LogP contribution >= 0.6 is 38.9 Å². The Morgan fingerprint density at radius 3 is 2.35 bits per heavy atom. The van der Waals surface area contributed by atoms with E-state index in [0.717, 1.165) is 18.6 Å². The van der Waals surface area contributed by atoms with Gasteiger partial charge < -0.3 is 0 Å². The van der Waals surface area contributed by atoms with Crippen molar-refractivity contribution >= 4 is 66.4 Å². The molecule has 10 heteroatoms. The first kappa shape index (κ1) is 22.2. The Hall–Kier alpha value is -2.04. The van der Waals surface area contributed by atoms with Gasteiger partial charge in [0.25, 0.3) is 5.91 Å². The third-order valence-corrected chi connectivity index (χ3v) is 8.38. The Morgan fingerprint density at radius 1 is 1.06 bits per heavy atom. The molecular weight excluding hydrogens is 524 g/mol. The summed E-state index contributed by atoms with van der Waals surface area (Å²) in [6.07, 6.45) is -0.229. The molecule has 1 fully saturated rings. The van der Waals surface area contributed by atoms with Crippen molar-refractivity contribution in [2.45, 2.75) is 23.9 Å². The SMILES string of the molecule is O=C1CC(N(Cc2cccs2)S(=O)(=O)c2ccc(Cl)cc2)C(=O)N1c1ccc(Br)cc1. The van der Waals surface area contributed by atoms with Gasteiger partial charge in [0, 0.05) is 20.9 Å². The van der Waals surface area contributed by atoms with Crippen LogP contribution in [-0.4, -0.2) is 30.6 Å². The van der Waals surface area contributed by atoms with Crippen LogP contribution in [0, 0.1) is 0 Å². The second-order valence-electron chi connectivity index (χ2n) is 6.85. The average Bonchev–Trinajstić information content (AvgIpc) is 3.35. The Labute approximate surface area is 197 Å². The van der Waals surface area contributed by atoms with Crippen LogP contribution in [0.3, 0.4) is 0 Å². The van der Waals surface area contributed by atoms with Gasteiger partial charge in [-0.05, 0) is 60.0 Å². The molecule has 1 atom stereocenters. The molecule has 2 heterocycles. The molecule has 1 aliphatic heterocycles. The van der Waals surface area contributed by atoms with Gasteiger partial charge in [-0.15, -0.1) is 11.3 Å². The number of hydrogen-bond acceptors (Lipinski definition) is 5. The number of imide groups is 1. The number of rotatable bonds is 6. The fourth-order valence-electron chi connectivity index (χ4n) is 3.36. The lowest BCUT2D eigenvalue weighted by molar-refractivity contribution is -0.122. The molecular formula is C21H16BrClN2O4S2. The van der Waals surface area contributed by atoms with Gasteiger partial charge in [-0.25, -0.2) is 13.3 Å². The van der Waals surface area contributed by atoms with Gasteiger partial charge >= 0.3 is 0 Å². The molecule has 160 valence electrons. The van der Waals surface area contributed by atoms with Crippen molar-refractivity contribution in [3.8, 4) is 0 Å². The van der Waals surface area contributed by atoms with Crippen LogP contribution in [0.5, 0.6) is 0 Å². The predicted octanol–water partition coefficient (Wildman–Crippen LogP) is 4.69. The number of sulfonamides is 1. The van der Waals surface area contributed by atoms with Crippen LogP contribution in [-0.2, 0) is 26.2 Å². The molecule has 0 N–H and O–H groups in total. The van der Waals surface area contributed by atoms with Crippen molar-refractivity contribution < 1.29 is 18.0 Å². The van der Waals surface area contributed by atoms with E-state index in [-0.39, 0.29) is 17.9 Å². The highest BCUT2D eigenvalue weighted by atomic mass is 79.9. The number of carbonyl (C=O) groups is 2. The van der Waals surface area contributed by atoms with Gasteiger partial charge in [-0.2, -0.15) is 4.31 Å². The van der Waals surface area contributed by atoms with E-state index in [1.54, 1.807) is 30.3 Å². The first-order chi connectivity index (χ1) is 14.8. The summed E-state index contributed by atoms with van der Waals surface area (Å²) in [5, 5.41) is 2.23. The van der Waals surface area contributed by atoms with Crippen molar-refractivity contribution in [1.82, 2.24) is 4.31 Å². The number of nitrogens with zero attached hydrogens (tertiary/aromatic N) is 2. The number of hydrogen-bond donors (Lipinski definition) is 0. The third kappa shape index (κ3) is 4.47. The summed E-state index contributed by atoms with van der Waals surface area (Å²) < 4.78 is 28.9. The number of benzene rings is 2. The van der Waals surface area contributed by atoms with Crippen LogP contribution in [0.15, 0.2) is 75.4 Å². The Balaban J connectivity index is 1.73. The number of carbonyl (C=O) groups excluding carboxylic acids is 2. The van der Waals surface area contributed by atoms with Crippen LogP contribution in [0.4, 0.5) is 5.69 Å². The van der Waals surface area contributed by atoms with Gasteiger partial charge in [-0.1, -0.05) is 33.6 Å². The maximum absolute atomic E-state index is 13.5. The Morgan fingerprint density at radius 2 is 1.74 bits per heavy atom. The van der Waals surface area contributed by atoms with E-state index in [1.807, 2.05) is 11.4 Å². The molecule has 1 aromatic heterocycles. The predicted molar refractivity (Wildman–Crippen MR) is 124 cm³/mol. The summed E-state index contributed by atoms with van der Waals surface area (Å²) in [7, 11) is -4.07. The molecule has 3 aromatic rings. The van der Waals surface area contributed by atoms with Crippen molar-refractivity contribution in [1.29, 1.82) is 0 Å². The van der Waals surface area contributed by atoms with E-state index in [9.17, 15) is 18.0 Å². The molecule has 0 aliphatic carbocycles. The molecule has 0 radical (unpaired) electrons. The minimum absolute atomic E-state index is 0.01000. The highest BCUT2D eigenvalue weighted by Gasteiger charge is 2.47. The van der Waals surface area contributed by atoms with Gasteiger partial charge in [0.2, 0.25) is 15.9 Å². The highest BCUT2D eigenvalue weighted by molar-refractivity contribution is 9.10. The van der Waals surface area contributed by atoms with Gasteiger partial charge in [0.1, 0.15) is 6.04 Å². The fraction of sp³-hybridized carbons (Fsp3) is 0.143. The van der Waals surface area contributed by atoms with Crippen molar-refractivity contribution in [3.05, 3.63) is 80.4 Å². The van der Waals surface area contributed by atoms with Gasteiger partial charge in [0.15, 0.2) is 0 Å². The normalized spacial score (nSPS) is 17.0. The maximum atomic E-state index is 13.5.